The third kappa shape index (κ3) is 4.55. The highest BCUT2D eigenvalue weighted by atomic mass is 32.2. The predicted molar refractivity (Wildman–Crippen MR) is 102 cm³/mol. The maximum absolute atomic E-state index is 12.6. The van der Waals surface area contributed by atoms with Gasteiger partial charge in [0.05, 0.1) is 11.8 Å². The van der Waals surface area contributed by atoms with Gasteiger partial charge in [0, 0.05) is 23.1 Å². The van der Waals surface area contributed by atoms with E-state index in [2.05, 4.69) is 20.8 Å². The van der Waals surface area contributed by atoms with Crippen LogP contribution in [0, 0.1) is 0 Å². The van der Waals surface area contributed by atoms with Crippen LogP contribution in [0.15, 0.2) is 46.9 Å². The van der Waals surface area contributed by atoms with E-state index >= 15 is 0 Å². The first-order chi connectivity index (χ1) is 12.5. The van der Waals surface area contributed by atoms with Gasteiger partial charge in [0.2, 0.25) is 11.1 Å². The molecule has 2 heterocycles. The van der Waals surface area contributed by atoms with Gasteiger partial charge in [0.15, 0.2) is 5.78 Å². The van der Waals surface area contributed by atoms with Crippen LogP contribution in [0.3, 0.4) is 0 Å². The number of carbonyl (C=O) groups excluding carboxylic acids is 2. The molecule has 0 spiro atoms. The second-order valence-corrected chi connectivity index (χ2v) is 7.92. The normalized spacial score (nSPS) is 11.9. The number of nitrogens with zero attached hydrogens (tertiary/aromatic N) is 4. The number of carbonyl (C=O) groups is 2. The zero-order valence-electron chi connectivity index (χ0n) is 14.2. The lowest BCUT2D eigenvalue weighted by Gasteiger charge is -2.10. The molecule has 1 aromatic carbocycles. The number of hydrogen-bond acceptors (Lipinski definition) is 7. The fraction of sp³-hybridized carbons (Fsp3) is 0.235. The van der Waals surface area contributed by atoms with Crippen molar-refractivity contribution in [1.82, 2.24) is 20.2 Å². The zero-order valence-corrected chi connectivity index (χ0v) is 15.9. The second kappa shape index (κ2) is 8.24. The molecule has 1 atom stereocenters. The van der Waals surface area contributed by atoms with E-state index in [-0.39, 0.29) is 16.9 Å². The number of amides is 1. The highest BCUT2D eigenvalue weighted by Crippen LogP contribution is 2.25. The summed E-state index contributed by atoms with van der Waals surface area (Å²) in [6.07, 6.45) is 0. The van der Waals surface area contributed by atoms with Gasteiger partial charge < -0.3 is 5.32 Å². The average molecular weight is 387 g/mol. The quantitative estimate of drug-likeness (QED) is 0.495. The van der Waals surface area contributed by atoms with Crippen molar-refractivity contribution in [3.05, 3.63) is 52.2 Å². The molecule has 0 aliphatic carbocycles. The molecule has 0 saturated carbocycles. The summed E-state index contributed by atoms with van der Waals surface area (Å²) in [4.78, 5) is 24.9. The summed E-state index contributed by atoms with van der Waals surface area (Å²) in [5.74, 6) is -0.166. The molecule has 0 fully saturated rings. The molecule has 26 heavy (non-hydrogen) atoms. The molecule has 0 saturated heterocycles. The van der Waals surface area contributed by atoms with Crippen molar-refractivity contribution < 1.29 is 9.59 Å². The van der Waals surface area contributed by atoms with E-state index in [4.69, 9.17) is 0 Å². The van der Waals surface area contributed by atoms with E-state index < -0.39 is 0 Å². The van der Waals surface area contributed by atoms with Crippen molar-refractivity contribution in [2.75, 3.05) is 5.32 Å². The Labute approximate surface area is 158 Å². The molecule has 0 aliphatic heterocycles. The van der Waals surface area contributed by atoms with Crippen molar-refractivity contribution in [2.45, 2.75) is 30.8 Å². The van der Waals surface area contributed by atoms with Gasteiger partial charge in [-0.25, -0.2) is 4.68 Å². The van der Waals surface area contributed by atoms with E-state index in [0.717, 1.165) is 4.88 Å². The third-order valence-electron chi connectivity index (χ3n) is 3.53. The number of nitrogens with one attached hydrogen (secondary N) is 1. The van der Waals surface area contributed by atoms with Gasteiger partial charge in [-0.2, -0.15) is 0 Å². The highest BCUT2D eigenvalue weighted by molar-refractivity contribution is 8.00. The van der Waals surface area contributed by atoms with E-state index in [0.29, 0.717) is 23.0 Å². The van der Waals surface area contributed by atoms with Crippen LogP contribution in [-0.4, -0.2) is 37.1 Å². The van der Waals surface area contributed by atoms with Gasteiger partial charge in [0.1, 0.15) is 0 Å². The van der Waals surface area contributed by atoms with Crippen LogP contribution in [-0.2, 0) is 11.3 Å². The minimum atomic E-state index is -0.338. The summed E-state index contributed by atoms with van der Waals surface area (Å²) in [5, 5.41) is 16.7. The second-order valence-electron chi connectivity index (χ2n) is 5.58. The number of benzene rings is 1. The molecular formula is C17H17N5O2S2. The van der Waals surface area contributed by atoms with Gasteiger partial charge in [0.25, 0.3) is 0 Å². The number of tetrazole rings is 1. The Morgan fingerprint density at radius 1 is 1.27 bits per heavy atom. The molecule has 7 nitrogen and oxygen atoms in total. The molecule has 3 rings (SSSR count). The van der Waals surface area contributed by atoms with Crippen LogP contribution >= 0.6 is 23.1 Å². The number of rotatable bonds is 7. The van der Waals surface area contributed by atoms with E-state index in [1.807, 2.05) is 24.4 Å². The highest BCUT2D eigenvalue weighted by Gasteiger charge is 2.20. The molecule has 1 N–H and O–H groups in total. The number of Topliss-reactive ketones (excluding diaryl/α,β-unsaturated/α-hetero) is 1. The SMILES string of the molecule is CC(=O)Nc1ccc(C(=O)[C@H](C)Sc2nnnn2Cc2cccs2)cc1. The lowest BCUT2D eigenvalue weighted by molar-refractivity contribution is -0.114. The topological polar surface area (TPSA) is 89.8 Å². The average Bonchev–Trinajstić information content (AvgIpc) is 3.27. The number of aromatic nitrogens is 4. The standard InChI is InChI=1S/C17H17N5O2S2/c1-11(16(24)13-5-7-14(8-6-13)18-12(2)23)26-17-19-20-21-22(17)10-15-4-3-9-25-15/h3-9,11H,10H2,1-2H3,(H,18,23)/t11-/m0/s1. The molecular weight excluding hydrogens is 370 g/mol. The monoisotopic (exact) mass is 387 g/mol. The van der Waals surface area contributed by atoms with Gasteiger partial charge in [-0.15, -0.1) is 16.4 Å². The first kappa shape index (κ1) is 18.3. The Bertz CT molecular complexity index is 890. The summed E-state index contributed by atoms with van der Waals surface area (Å²) in [7, 11) is 0. The van der Waals surface area contributed by atoms with E-state index in [1.54, 1.807) is 40.3 Å². The van der Waals surface area contributed by atoms with Crippen LogP contribution in [0.5, 0.6) is 0 Å². The molecule has 1 amide bonds. The summed E-state index contributed by atoms with van der Waals surface area (Å²) in [5.41, 5.74) is 1.24. The maximum atomic E-state index is 12.6. The molecule has 134 valence electrons. The number of thiophene rings is 1. The Morgan fingerprint density at radius 2 is 2.04 bits per heavy atom. The molecule has 0 radical (unpaired) electrons. The summed E-state index contributed by atoms with van der Waals surface area (Å²) in [6.45, 7) is 3.86. The lowest BCUT2D eigenvalue weighted by Crippen LogP contribution is -2.15. The van der Waals surface area contributed by atoms with Crippen LogP contribution in [0.1, 0.15) is 29.1 Å². The summed E-state index contributed by atoms with van der Waals surface area (Å²) in [6, 6.07) is 10.8. The predicted octanol–water partition coefficient (Wildman–Crippen LogP) is 3.10. The Kier molecular flexibility index (Phi) is 5.79. The smallest absolute Gasteiger partial charge is 0.221 e. The Hall–Kier alpha value is -2.52. The van der Waals surface area contributed by atoms with E-state index in [1.165, 1.54) is 18.7 Å². The lowest BCUT2D eigenvalue weighted by atomic mass is 10.1. The summed E-state index contributed by atoms with van der Waals surface area (Å²) < 4.78 is 1.69. The van der Waals surface area contributed by atoms with Gasteiger partial charge in [-0.1, -0.05) is 17.8 Å². The van der Waals surface area contributed by atoms with Crippen LogP contribution in [0.4, 0.5) is 5.69 Å². The first-order valence-electron chi connectivity index (χ1n) is 7.90. The van der Waals surface area contributed by atoms with Crippen molar-refractivity contribution in [3.63, 3.8) is 0 Å². The van der Waals surface area contributed by atoms with Gasteiger partial charge >= 0.3 is 0 Å². The van der Waals surface area contributed by atoms with Crippen LogP contribution < -0.4 is 5.32 Å². The molecule has 9 heteroatoms. The van der Waals surface area contributed by atoms with Gasteiger partial charge in [-0.3, -0.25) is 9.59 Å². The number of ketones is 1. The first-order valence-corrected chi connectivity index (χ1v) is 9.66. The zero-order chi connectivity index (χ0) is 18.5. The van der Waals surface area contributed by atoms with Crippen molar-refractivity contribution in [1.29, 1.82) is 0 Å². The van der Waals surface area contributed by atoms with Gasteiger partial charge in [-0.05, 0) is 53.1 Å². The fourth-order valence-electron chi connectivity index (χ4n) is 2.30. The number of hydrogen-bond donors (Lipinski definition) is 1. The maximum Gasteiger partial charge on any atom is 0.221 e. The third-order valence-corrected chi connectivity index (χ3v) is 5.46. The minimum absolute atomic E-state index is 0.0185. The van der Waals surface area contributed by atoms with Crippen LogP contribution in [0.2, 0.25) is 0 Å². The number of anilines is 1. The van der Waals surface area contributed by atoms with Crippen LogP contribution in [0.25, 0.3) is 0 Å². The largest absolute Gasteiger partial charge is 0.326 e. The minimum Gasteiger partial charge on any atom is -0.326 e. The van der Waals surface area contributed by atoms with Crippen molar-refractivity contribution >= 4 is 40.5 Å². The van der Waals surface area contributed by atoms with E-state index in [9.17, 15) is 9.59 Å². The molecule has 0 unspecified atom stereocenters. The Morgan fingerprint density at radius 3 is 2.69 bits per heavy atom. The summed E-state index contributed by atoms with van der Waals surface area (Å²) >= 11 is 2.96. The molecule has 2 aromatic heterocycles. The molecule has 3 aromatic rings. The van der Waals surface area contributed by atoms with Crippen molar-refractivity contribution in [2.24, 2.45) is 0 Å². The van der Waals surface area contributed by atoms with Crippen molar-refractivity contribution in [3.8, 4) is 0 Å². The fourth-order valence-corrected chi connectivity index (χ4v) is 3.85. The molecule has 0 bridgehead atoms. The Balaban J connectivity index is 1.66. The molecule has 0 aliphatic rings. The number of thioether (sulfide) groups is 1.